The minimum absolute atomic E-state index is 0.0746. The summed E-state index contributed by atoms with van der Waals surface area (Å²) in [5.41, 5.74) is -0.137. The Bertz CT molecular complexity index is 486. The van der Waals surface area contributed by atoms with E-state index in [1.54, 1.807) is 0 Å². The minimum atomic E-state index is -1.01. The SMILES string of the molecule is O=C(OCC(O)CCl)c1cc(O)c(OCC(O)CCl)c(O)c1. The number of hydrogen-bond donors (Lipinski definition) is 4. The van der Waals surface area contributed by atoms with Crippen LogP contribution >= 0.6 is 23.2 Å². The van der Waals surface area contributed by atoms with E-state index in [2.05, 4.69) is 0 Å². The number of aliphatic hydroxyl groups excluding tert-OH is 2. The van der Waals surface area contributed by atoms with Gasteiger partial charge in [-0.05, 0) is 12.1 Å². The fourth-order valence-corrected chi connectivity index (χ4v) is 1.57. The van der Waals surface area contributed by atoms with Crippen LogP contribution in [0.1, 0.15) is 10.4 Å². The van der Waals surface area contributed by atoms with Gasteiger partial charge in [0.2, 0.25) is 5.75 Å². The van der Waals surface area contributed by atoms with E-state index in [1.807, 2.05) is 0 Å². The van der Waals surface area contributed by atoms with Gasteiger partial charge in [0.25, 0.3) is 0 Å². The number of aliphatic hydroxyl groups is 2. The summed E-state index contributed by atoms with van der Waals surface area (Å²) in [5.74, 6) is -2.34. The lowest BCUT2D eigenvalue weighted by molar-refractivity contribution is 0.0302. The number of carbonyl (C=O) groups is 1. The van der Waals surface area contributed by atoms with Crippen LogP contribution in [0.2, 0.25) is 0 Å². The van der Waals surface area contributed by atoms with Crippen LogP contribution in [0.4, 0.5) is 0 Å². The van der Waals surface area contributed by atoms with Crippen molar-refractivity contribution in [3.8, 4) is 17.2 Å². The third kappa shape index (κ3) is 5.42. The molecule has 0 spiro atoms. The fraction of sp³-hybridized carbons (Fsp3) is 0.462. The van der Waals surface area contributed by atoms with Gasteiger partial charge in [-0.25, -0.2) is 4.79 Å². The van der Waals surface area contributed by atoms with Crippen LogP contribution in [0.3, 0.4) is 0 Å². The Morgan fingerprint density at radius 1 is 1.05 bits per heavy atom. The summed E-state index contributed by atoms with van der Waals surface area (Å²) in [7, 11) is 0. The number of esters is 1. The van der Waals surface area contributed by atoms with Gasteiger partial charge in [-0.15, -0.1) is 23.2 Å². The summed E-state index contributed by atoms with van der Waals surface area (Å²) in [6, 6.07) is 2.05. The summed E-state index contributed by atoms with van der Waals surface area (Å²) in [6.45, 7) is -0.555. The molecule has 2 atom stereocenters. The molecule has 22 heavy (non-hydrogen) atoms. The van der Waals surface area contributed by atoms with E-state index < -0.39 is 29.7 Å². The molecule has 124 valence electrons. The smallest absolute Gasteiger partial charge is 0.338 e. The first-order valence-corrected chi connectivity index (χ1v) is 7.29. The van der Waals surface area contributed by atoms with E-state index in [-0.39, 0.29) is 36.3 Å². The standard InChI is InChI=1S/C13H16Cl2O7/c14-3-8(16)5-21-12-10(18)1-7(2-11(12)19)13(20)22-6-9(17)4-15/h1-2,8-9,16-19H,3-6H2. The Kier molecular flexibility index (Phi) is 7.53. The number of phenols is 2. The molecule has 0 bridgehead atoms. The highest BCUT2D eigenvalue weighted by molar-refractivity contribution is 6.18. The van der Waals surface area contributed by atoms with Gasteiger partial charge in [0.15, 0.2) is 11.5 Å². The van der Waals surface area contributed by atoms with Gasteiger partial charge in [-0.2, -0.15) is 0 Å². The molecule has 0 aromatic heterocycles. The summed E-state index contributed by atoms with van der Waals surface area (Å²) >= 11 is 10.7. The lowest BCUT2D eigenvalue weighted by atomic mass is 10.2. The molecule has 7 nitrogen and oxygen atoms in total. The van der Waals surface area contributed by atoms with Crippen molar-refractivity contribution in [2.24, 2.45) is 0 Å². The van der Waals surface area contributed by atoms with Crippen molar-refractivity contribution in [2.45, 2.75) is 12.2 Å². The molecule has 0 aliphatic heterocycles. The van der Waals surface area contributed by atoms with Gasteiger partial charge in [0.05, 0.1) is 17.3 Å². The maximum absolute atomic E-state index is 11.7. The molecule has 0 fully saturated rings. The number of rotatable bonds is 8. The van der Waals surface area contributed by atoms with Gasteiger partial charge in [-0.1, -0.05) is 0 Å². The van der Waals surface area contributed by atoms with Crippen LogP contribution in [-0.4, -0.2) is 63.6 Å². The second-order valence-electron chi connectivity index (χ2n) is 4.37. The Labute approximate surface area is 136 Å². The zero-order valence-corrected chi connectivity index (χ0v) is 12.9. The molecule has 0 saturated heterocycles. The number of aromatic hydroxyl groups is 2. The largest absolute Gasteiger partial charge is 0.504 e. The zero-order chi connectivity index (χ0) is 16.7. The Morgan fingerprint density at radius 3 is 2.05 bits per heavy atom. The van der Waals surface area contributed by atoms with Crippen molar-refractivity contribution in [1.82, 2.24) is 0 Å². The van der Waals surface area contributed by atoms with Crippen molar-refractivity contribution >= 4 is 29.2 Å². The molecule has 1 rings (SSSR count). The van der Waals surface area contributed by atoms with E-state index in [0.29, 0.717) is 0 Å². The van der Waals surface area contributed by atoms with E-state index in [0.717, 1.165) is 12.1 Å². The van der Waals surface area contributed by atoms with E-state index >= 15 is 0 Å². The van der Waals surface area contributed by atoms with Crippen molar-refractivity contribution in [3.05, 3.63) is 17.7 Å². The normalized spacial score (nSPS) is 13.5. The van der Waals surface area contributed by atoms with Gasteiger partial charge in [-0.3, -0.25) is 0 Å². The molecular weight excluding hydrogens is 339 g/mol. The Balaban J connectivity index is 2.78. The molecule has 0 amide bonds. The molecule has 0 heterocycles. The van der Waals surface area contributed by atoms with Crippen LogP contribution < -0.4 is 4.74 Å². The van der Waals surface area contributed by atoms with Crippen LogP contribution in [0, 0.1) is 0 Å². The number of phenolic OH excluding ortho intramolecular Hbond substituents is 2. The maximum atomic E-state index is 11.7. The molecule has 0 radical (unpaired) electrons. The zero-order valence-electron chi connectivity index (χ0n) is 11.4. The summed E-state index contributed by atoms with van der Waals surface area (Å²) in [4.78, 5) is 11.7. The molecule has 0 saturated carbocycles. The summed E-state index contributed by atoms with van der Waals surface area (Å²) < 4.78 is 9.78. The maximum Gasteiger partial charge on any atom is 0.338 e. The number of ether oxygens (including phenoxy) is 2. The van der Waals surface area contributed by atoms with Crippen LogP contribution in [-0.2, 0) is 4.74 Å². The third-order valence-corrected chi connectivity index (χ3v) is 3.18. The monoisotopic (exact) mass is 354 g/mol. The number of hydrogen-bond acceptors (Lipinski definition) is 7. The lowest BCUT2D eigenvalue weighted by Gasteiger charge is -2.13. The van der Waals surface area contributed by atoms with Gasteiger partial charge in [0.1, 0.15) is 25.4 Å². The van der Waals surface area contributed by atoms with E-state index in [9.17, 15) is 25.2 Å². The second-order valence-corrected chi connectivity index (χ2v) is 4.99. The first-order valence-electron chi connectivity index (χ1n) is 6.23. The quantitative estimate of drug-likeness (QED) is 0.403. The highest BCUT2D eigenvalue weighted by Gasteiger charge is 2.18. The second kappa shape index (κ2) is 8.89. The van der Waals surface area contributed by atoms with Crippen molar-refractivity contribution in [1.29, 1.82) is 0 Å². The number of alkyl halides is 2. The average Bonchev–Trinajstić information content (AvgIpc) is 2.50. The molecule has 1 aromatic rings. The highest BCUT2D eigenvalue weighted by Crippen LogP contribution is 2.37. The number of halogens is 2. The minimum Gasteiger partial charge on any atom is -0.504 e. The molecular formula is C13H16Cl2O7. The summed E-state index contributed by atoms with van der Waals surface area (Å²) in [5, 5.41) is 38.0. The van der Waals surface area contributed by atoms with Gasteiger partial charge < -0.3 is 29.9 Å². The van der Waals surface area contributed by atoms with Crippen molar-refractivity contribution in [2.75, 3.05) is 25.0 Å². The van der Waals surface area contributed by atoms with Crippen LogP contribution in [0.15, 0.2) is 12.1 Å². The average molecular weight is 355 g/mol. The molecule has 1 aromatic carbocycles. The summed E-state index contributed by atoms with van der Waals surface area (Å²) in [6.07, 6.45) is -1.98. The first kappa shape index (κ1) is 18.6. The van der Waals surface area contributed by atoms with Crippen molar-refractivity contribution in [3.63, 3.8) is 0 Å². The highest BCUT2D eigenvalue weighted by atomic mass is 35.5. The molecule has 0 aliphatic carbocycles. The van der Waals surface area contributed by atoms with Crippen LogP contribution in [0.25, 0.3) is 0 Å². The number of carbonyl (C=O) groups excluding carboxylic acids is 1. The topological polar surface area (TPSA) is 116 Å². The molecule has 4 N–H and O–H groups in total. The van der Waals surface area contributed by atoms with Gasteiger partial charge >= 0.3 is 5.97 Å². The Hall–Kier alpha value is -1.41. The number of benzene rings is 1. The van der Waals surface area contributed by atoms with Crippen molar-refractivity contribution < 1.29 is 34.7 Å². The van der Waals surface area contributed by atoms with E-state index in [1.165, 1.54) is 0 Å². The predicted molar refractivity (Wildman–Crippen MR) is 79.0 cm³/mol. The fourth-order valence-electron chi connectivity index (χ4n) is 1.39. The predicted octanol–water partition coefficient (Wildman–Crippen LogP) is 0.833. The Morgan fingerprint density at radius 2 is 1.55 bits per heavy atom. The lowest BCUT2D eigenvalue weighted by Crippen LogP contribution is -2.20. The van der Waals surface area contributed by atoms with E-state index in [4.69, 9.17) is 32.7 Å². The first-order chi connectivity index (χ1) is 10.4. The third-order valence-electron chi connectivity index (χ3n) is 2.47. The molecule has 2 unspecified atom stereocenters. The van der Waals surface area contributed by atoms with Gasteiger partial charge in [0, 0.05) is 0 Å². The molecule has 0 aliphatic rings. The molecule has 9 heteroatoms. The van der Waals surface area contributed by atoms with Crippen LogP contribution in [0.5, 0.6) is 17.2 Å².